The summed E-state index contributed by atoms with van der Waals surface area (Å²) in [6, 6.07) is 0. The van der Waals surface area contributed by atoms with E-state index in [9.17, 15) is 0 Å². The van der Waals surface area contributed by atoms with Gasteiger partial charge in [0.2, 0.25) is 0 Å². The van der Waals surface area contributed by atoms with Gasteiger partial charge in [0.1, 0.15) is 0 Å². The summed E-state index contributed by atoms with van der Waals surface area (Å²) in [6.45, 7) is 6.05. The van der Waals surface area contributed by atoms with E-state index in [1.54, 1.807) is 12.4 Å². The summed E-state index contributed by atoms with van der Waals surface area (Å²) in [4.78, 5) is 10.5. The van der Waals surface area contributed by atoms with Crippen LogP contribution in [0.1, 0.15) is 12.6 Å². The highest BCUT2D eigenvalue weighted by molar-refractivity contribution is 4.93. The monoisotopic (exact) mass is 194 g/mol. The molecule has 4 nitrogen and oxygen atoms in total. The Balaban J connectivity index is 2.23. The molecule has 0 saturated carbocycles. The van der Waals surface area contributed by atoms with Crippen LogP contribution in [0, 0.1) is 0 Å². The maximum atomic E-state index is 4.22. The molecular formula is C10H18N4. The lowest BCUT2D eigenvalue weighted by atomic mass is 10.4. The first kappa shape index (κ1) is 11.1. The molecule has 0 bridgehead atoms. The predicted molar refractivity (Wildman–Crippen MR) is 56.9 cm³/mol. The van der Waals surface area contributed by atoms with E-state index in [2.05, 4.69) is 34.2 Å². The van der Waals surface area contributed by atoms with Crippen molar-refractivity contribution in [3.63, 3.8) is 0 Å². The van der Waals surface area contributed by atoms with Crippen molar-refractivity contribution < 1.29 is 0 Å². The molecule has 0 unspecified atom stereocenters. The van der Waals surface area contributed by atoms with Gasteiger partial charge in [-0.1, -0.05) is 6.92 Å². The standard InChI is InChI=1S/C10H18N4/c1-3-11-6-7-14(2)9-10-8-12-4-5-13-10/h4-5,8,11H,3,6-7,9H2,1-2H3. The van der Waals surface area contributed by atoms with Crippen LogP contribution in [0.2, 0.25) is 0 Å². The van der Waals surface area contributed by atoms with E-state index in [1.807, 2.05) is 6.20 Å². The van der Waals surface area contributed by atoms with Crippen molar-refractivity contribution in [1.82, 2.24) is 20.2 Å². The van der Waals surface area contributed by atoms with Gasteiger partial charge in [-0.15, -0.1) is 0 Å². The molecule has 0 aliphatic carbocycles. The van der Waals surface area contributed by atoms with Gasteiger partial charge in [-0.05, 0) is 13.6 Å². The molecule has 1 N–H and O–H groups in total. The summed E-state index contributed by atoms with van der Waals surface area (Å²) in [6.07, 6.45) is 5.24. The molecule has 0 fully saturated rings. The zero-order chi connectivity index (χ0) is 10.2. The Morgan fingerprint density at radius 2 is 2.29 bits per heavy atom. The van der Waals surface area contributed by atoms with Crippen molar-refractivity contribution in [3.8, 4) is 0 Å². The largest absolute Gasteiger partial charge is 0.316 e. The lowest BCUT2D eigenvalue weighted by molar-refractivity contribution is 0.321. The topological polar surface area (TPSA) is 41.0 Å². The van der Waals surface area contributed by atoms with E-state index in [0.29, 0.717) is 0 Å². The van der Waals surface area contributed by atoms with Crippen molar-refractivity contribution in [2.45, 2.75) is 13.5 Å². The summed E-state index contributed by atoms with van der Waals surface area (Å²) < 4.78 is 0. The van der Waals surface area contributed by atoms with Gasteiger partial charge in [0, 0.05) is 38.2 Å². The molecule has 1 aromatic heterocycles. The second-order valence-corrected chi connectivity index (χ2v) is 3.29. The first-order valence-corrected chi connectivity index (χ1v) is 4.97. The molecule has 1 aromatic rings. The molecule has 0 amide bonds. The number of nitrogens with zero attached hydrogens (tertiary/aromatic N) is 3. The fourth-order valence-corrected chi connectivity index (χ4v) is 1.21. The van der Waals surface area contributed by atoms with Gasteiger partial charge in [-0.2, -0.15) is 0 Å². The number of nitrogens with one attached hydrogen (secondary N) is 1. The third-order valence-corrected chi connectivity index (χ3v) is 1.97. The van der Waals surface area contributed by atoms with Crippen molar-refractivity contribution >= 4 is 0 Å². The summed E-state index contributed by atoms with van der Waals surface area (Å²) in [5.74, 6) is 0. The third-order valence-electron chi connectivity index (χ3n) is 1.97. The maximum absolute atomic E-state index is 4.22. The van der Waals surface area contributed by atoms with Crippen LogP contribution in [0.15, 0.2) is 18.6 Å². The molecular weight excluding hydrogens is 176 g/mol. The van der Waals surface area contributed by atoms with Crippen LogP contribution >= 0.6 is 0 Å². The SMILES string of the molecule is CCNCCN(C)Cc1cnccn1. The number of rotatable bonds is 6. The van der Waals surface area contributed by atoms with Gasteiger partial charge in [-0.3, -0.25) is 14.9 Å². The number of hydrogen-bond acceptors (Lipinski definition) is 4. The average Bonchev–Trinajstić information content (AvgIpc) is 2.20. The zero-order valence-corrected chi connectivity index (χ0v) is 8.90. The molecule has 14 heavy (non-hydrogen) atoms. The Morgan fingerprint density at radius 1 is 1.43 bits per heavy atom. The summed E-state index contributed by atoms with van der Waals surface area (Å²) in [7, 11) is 2.09. The minimum absolute atomic E-state index is 0.860. The second-order valence-electron chi connectivity index (χ2n) is 3.29. The van der Waals surface area contributed by atoms with E-state index in [1.165, 1.54) is 0 Å². The molecule has 0 aliphatic heterocycles. The lowest BCUT2D eigenvalue weighted by Crippen LogP contribution is -2.29. The van der Waals surface area contributed by atoms with Crippen molar-refractivity contribution in [2.75, 3.05) is 26.7 Å². The van der Waals surface area contributed by atoms with Gasteiger partial charge >= 0.3 is 0 Å². The maximum Gasteiger partial charge on any atom is 0.0726 e. The molecule has 4 heteroatoms. The molecule has 0 spiro atoms. The van der Waals surface area contributed by atoms with E-state index in [4.69, 9.17) is 0 Å². The zero-order valence-electron chi connectivity index (χ0n) is 8.90. The number of likely N-dealkylation sites (N-methyl/N-ethyl adjacent to an activating group) is 2. The minimum atomic E-state index is 0.860. The Bertz CT molecular complexity index is 237. The highest BCUT2D eigenvalue weighted by Crippen LogP contribution is 1.95. The van der Waals surface area contributed by atoms with Gasteiger partial charge in [0.25, 0.3) is 0 Å². The van der Waals surface area contributed by atoms with Crippen LogP contribution in [0.4, 0.5) is 0 Å². The highest BCUT2D eigenvalue weighted by Gasteiger charge is 1.99. The fraction of sp³-hybridized carbons (Fsp3) is 0.600. The number of hydrogen-bond donors (Lipinski definition) is 1. The van der Waals surface area contributed by atoms with Gasteiger partial charge < -0.3 is 5.32 Å². The van der Waals surface area contributed by atoms with Gasteiger partial charge in [-0.25, -0.2) is 0 Å². The van der Waals surface area contributed by atoms with Crippen LogP contribution in [0.25, 0.3) is 0 Å². The lowest BCUT2D eigenvalue weighted by Gasteiger charge is -2.15. The summed E-state index contributed by atoms with van der Waals surface area (Å²) in [5, 5.41) is 3.29. The van der Waals surface area contributed by atoms with Crippen molar-refractivity contribution in [2.24, 2.45) is 0 Å². The van der Waals surface area contributed by atoms with Gasteiger partial charge in [0.05, 0.1) is 5.69 Å². The van der Waals surface area contributed by atoms with Gasteiger partial charge in [0.15, 0.2) is 0 Å². The van der Waals surface area contributed by atoms with Crippen LogP contribution in [0.3, 0.4) is 0 Å². The Kier molecular flexibility index (Phi) is 5.11. The first-order chi connectivity index (χ1) is 6.83. The highest BCUT2D eigenvalue weighted by atomic mass is 15.1. The van der Waals surface area contributed by atoms with E-state index in [0.717, 1.165) is 31.9 Å². The summed E-state index contributed by atoms with van der Waals surface area (Å²) in [5.41, 5.74) is 1.02. The first-order valence-electron chi connectivity index (χ1n) is 4.97. The van der Waals surface area contributed by atoms with Crippen LogP contribution < -0.4 is 5.32 Å². The fourth-order valence-electron chi connectivity index (χ4n) is 1.21. The smallest absolute Gasteiger partial charge is 0.0726 e. The molecule has 78 valence electrons. The molecule has 0 aliphatic rings. The quantitative estimate of drug-likeness (QED) is 0.670. The molecule has 1 heterocycles. The minimum Gasteiger partial charge on any atom is -0.316 e. The van der Waals surface area contributed by atoms with E-state index < -0.39 is 0 Å². The molecule has 0 atom stereocenters. The normalized spacial score (nSPS) is 10.8. The molecule has 1 rings (SSSR count). The van der Waals surface area contributed by atoms with Crippen LogP contribution in [-0.4, -0.2) is 41.5 Å². The third kappa shape index (κ3) is 4.30. The average molecular weight is 194 g/mol. The summed E-state index contributed by atoms with van der Waals surface area (Å²) >= 11 is 0. The second kappa shape index (κ2) is 6.45. The Labute approximate surface area is 85.4 Å². The van der Waals surface area contributed by atoms with Crippen molar-refractivity contribution in [1.29, 1.82) is 0 Å². The predicted octanol–water partition coefficient (Wildman–Crippen LogP) is 0.518. The number of aromatic nitrogens is 2. The Morgan fingerprint density at radius 3 is 2.93 bits per heavy atom. The van der Waals surface area contributed by atoms with Crippen LogP contribution in [-0.2, 0) is 6.54 Å². The van der Waals surface area contributed by atoms with E-state index in [-0.39, 0.29) is 0 Å². The molecule has 0 radical (unpaired) electrons. The van der Waals surface area contributed by atoms with E-state index >= 15 is 0 Å². The Hall–Kier alpha value is -1.00. The van der Waals surface area contributed by atoms with Crippen LogP contribution in [0.5, 0.6) is 0 Å². The molecule has 0 saturated heterocycles. The van der Waals surface area contributed by atoms with Crippen molar-refractivity contribution in [3.05, 3.63) is 24.3 Å². The molecule has 0 aromatic carbocycles.